The Morgan fingerprint density at radius 2 is 2.00 bits per heavy atom. The molecule has 0 saturated carbocycles. The summed E-state index contributed by atoms with van der Waals surface area (Å²) in [6, 6.07) is 4.10. The predicted molar refractivity (Wildman–Crippen MR) is 90.0 cm³/mol. The molecule has 1 aromatic carbocycles. The van der Waals surface area contributed by atoms with E-state index >= 15 is 0 Å². The summed E-state index contributed by atoms with van der Waals surface area (Å²) in [5.74, 6) is 0.810. The maximum absolute atomic E-state index is 12.1. The van der Waals surface area contributed by atoms with Crippen molar-refractivity contribution in [1.82, 2.24) is 4.90 Å². The summed E-state index contributed by atoms with van der Waals surface area (Å²) in [5, 5.41) is 0. The van der Waals surface area contributed by atoms with E-state index in [1.165, 1.54) is 5.56 Å². The summed E-state index contributed by atoms with van der Waals surface area (Å²) < 4.78 is 16.0. The van der Waals surface area contributed by atoms with Crippen molar-refractivity contribution in [1.29, 1.82) is 0 Å². The molecule has 0 spiro atoms. The van der Waals surface area contributed by atoms with Gasteiger partial charge in [0, 0.05) is 18.8 Å². The first-order valence-corrected chi connectivity index (χ1v) is 8.21. The quantitative estimate of drug-likeness (QED) is 0.845. The fourth-order valence-electron chi connectivity index (χ4n) is 3.52. The Hall–Kier alpha value is -2.21. The molecule has 0 aliphatic carbocycles. The van der Waals surface area contributed by atoms with Crippen molar-refractivity contribution in [3.63, 3.8) is 0 Å². The van der Waals surface area contributed by atoms with E-state index in [9.17, 15) is 4.79 Å². The third-order valence-corrected chi connectivity index (χ3v) is 4.77. The highest BCUT2D eigenvalue weighted by atomic mass is 16.5. The zero-order valence-corrected chi connectivity index (χ0v) is 14.4. The van der Waals surface area contributed by atoms with Crippen LogP contribution in [0.2, 0.25) is 0 Å². The summed E-state index contributed by atoms with van der Waals surface area (Å²) in [7, 11) is 3.27. The van der Waals surface area contributed by atoms with Gasteiger partial charge < -0.3 is 19.9 Å². The molecule has 24 heavy (non-hydrogen) atoms. The maximum atomic E-state index is 12.1. The first kappa shape index (κ1) is 16.6. The lowest BCUT2D eigenvalue weighted by molar-refractivity contribution is -0.147. The molecule has 6 nitrogen and oxygen atoms in total. The number of hydrogen-bond donors (Lipinski definition) is 1. The molecule has 0 bridgehead atoms. The van der Waals surface area contributed by atoms with Gasteiger partial charge in [-0.2, -0.15) is 0 Å². The highest BCUT2D eigenvalue weighted by Gasteiger charge is 2.37. The number of nitrogens with zero attached hydrogens (tertiary/aromatic N) is 1. The maximum Gasteiger partial charge on any atom is 0.316 e. The molecular formula is C18H24N2O4. The number of ether oxygens (including phenoxy) is 3. The minimum Gasteiger partial charge on any atom is -0.493 e. The van der Waals surface area contributed by atoms with Crippen LogP contribution in [0.15, 0.2) is 23.9 Å². The molecule has 3 rings (SSSR count). The lowest BCUT2D eigenvalue weighted by Gasteiger charge is -2.41. The van der Waals surface area contributed by atoms with E-state index in [1.807, 2.05) is 18.2 Å². The number of nitrogens with two attached hydrogens (primary N) is 1. The predicted octanol–water partition coefficient (Wildman–Crippen LogP) is 1.64. The zero-order chi connectivity index (χ0) is 17.3. The fraction of sp³-hybridized carbons (Fsp3) is 0.500. The van der Waals surface area contributed by atoms with Crippen molar-refractivity contribution in [2.75, 3.05) is 33.9 Å². The van der Waals surface area contributed by atoms with E-state index in [4.69, 9.17) is 19.9 Å². The van der Waals surface area contributed by atoms with Crippen molar-refractivity contribution in [2.24, 2.45) is 11.7 Å². The minimum atomic E-state index is -0.386. The molecule has 2 aliphatic heterocycles. The van der Waals surface area contributed by atoms with Crippen LogP contribution in [0.1, 0.15) is 24.1 Å². The molecule has 1 aromatic rings. The van der Waals surface area contributed by atoms with Crippen LogP contribution in [0, 0.1) is 5.92 Å². The van der Waals surface area contributed by atoms with Gasteiger partial charge in [-0.1, -0.05) is 0 Å². The van der Waals surface area contributed by atoms with Gasteiger partial charge in [-0.05, 0) is 42.7 Å². The average molecular weight is 332 g/mol. The molecule has 0 radical (unpaired) electrons. The highest BCUT2D eigenvalue weighted by Crippen LogP contribution is 2.41. The second-order valence-corrected chi connectivity index (χ2v) is 6.07. The Balaban J connectivity index is 1.96. The van der Waals surface area contributed by atoms with E-state index in [1.54, 1.807) is 21.1 Å². The molecule has 2 aliphatic rings. The third kappa shape index (κ3) is 2.82. The molecule has 2 heterocycles. The van der Waals surface area contributed by atoms with Crippen molar-refractivity contribution in [3.05, 3.63) is 35.0 Å². The second kappa shape index (κ2) is 6.73. The van der Waals surface area contributed by atoms with Crippen LogP contribution in [-0.4, -0.2) is 44.8 Å². The Labute approximate surface area is 142 Å². The van der Waals surface area contributed by atoms with Gasteiger partial charge in [0.1, 0.15) is 5.92 Å². The first-order valence-electron chi connectivity index (χ1n) is 8.21. The number of carbonyl (C=O) groups excluding carboxylic acids is 1. The van der Waals surface area contributed by atoms with E-state index in [0.29, 0.717) is 24.6 Å². The van der Waals surface area contributed by atoms with Crippen LogP contribution < -0.4 is 15.2 Å². The van der Waals surface area contributed by atoms with E-state index < -0.39 is 0 Å². The van der Waals surface area contributed by atoms with Crippen LogP contribution in [0.4, 0.5) is 0 Å². The summed E-state index contributed by atoms with van der Waals surface area (Å²) in [4.78, 5) is 14.4. The normalized spacial score (nSPS) is 22.9. The van der Waals surface area contributed by atoms with Crippen molar-refractivity contribution in [3.8, 4) is 11.5 Å². The average Bonchev–Trinajstić information content (AvgIpc) is 2.60. The smallest absolute Gasteiger partial charge is 0.316 e. The molecule has 130 valence electrons. The summed E-state index contributed by atoms with van der Waals surface area (Å²) in [6.07, 6.45) is 2.87. The van der Waals surface area contributed by atoms with Crippen LogP contribution in [0.25, 0.3) is 0 Å². The van der Waals surface area contributed by atoms with E-state index in [2.05, 4.69) is 4.90 Å². The highest BCUT2D eigenvalue weighted by molar-refractivity contribution is 5.76. The summed E-state index contributed by atoms with van der Waals surface area (Å²) in [6.45, 7) is 3.62. The largest absolute Gasteiger partial charge is 0.493 e. The Kier molecular flexibility index (Phi) is 4.66. The van der Waals surface area contributed by atoms with Crippen LogP contribution in [0.3, 0.4) is 0 Å². The molecule has 2 N–H and O–H groups in total. The molecule has 0 saturated heterocycles. The fourth-order valence-corrected chi connectivity index (χ4v) is 3.52. The first-order chi connectivity index (χ1) is 11.6. The van der Waals surface area contributed by atoms with Crippen molar-refractivity contribution in [2.45, 2.75) is 19.4 Å². The molecule has 2 atom stereocenters. The van der Waals surface area contributed by atoms with E-state index in [0.717, 1.165) is 24.3 Å². The molecule has 2 unspecified atom stereocenters. The number of hydrogen-bond acceptors (Lipinski definition) is 6. The number of esters is 1. The lowest BCUT2D eigenvalue weighted by atomic mass is 9.86. The van der Waals surface area contributed by atoms with Gasteiger partial charge in [-0.25, -0.2) is 0 Å². The third-order valence-electron chi connectivity index (χ3n) is 4.77. The second-order valence-electron chi connectivity index (χ2n) is 6.07. The number of methoxy groups -OCH3 is 2. The molecule has 0 amide bonds. The minimum absolute atomic E-state index is 0.0548. The van der Waals surface area contributed by atoms with Gasteiger partial charge in [0.15, 0.2) is 11.5 Å². The van der Waals surface area contributed by atoms with Gasteiger partial charge in [-0.3, -0.25) is 9.69 Å². The van der Waals surface area contributed by atoms with Crippen LogP contribution >= 0.6 is 0 Å². The molecule has 0 fully saturated rings. The summed E-state index contributed by atoms with van der Waals surface area (Å²) in [5.41, 5.74) is 9.15. The van der Waals surface area contributed by atoms with E-state index in [-0.39, 0.29) is 17.9 Å². The van der Waals surface area contributed by atoms with Crippen LogP contribution in [-0.2, 0) is 16.0 Å². The molecule has 0 aromatic heterocycles. The number of rotatable bonds is 4. The van der Waals surface area contributed by atoms with Crippen molar-refractivity contribution < 1.29 is 19.0 Å². The van der Waals surface area contributed by atoms with Crippen LogP contribution in [0.5, 0.6) is 11.5 Å². The molecular weight excluding hydrogens is 308 g/mol. The lowest BCUT2D eigenvalue weighted by Crippen LogP contribution is -2.45. The topological polar surface area (TPSA) is 74.0 Å². The zero-order valence-electron chi connectivity index (χ0n) is 14.4. The Bertz CT molecular complexity index is 671. The number of carbonyl (C=O) groups is 1. The van der Waals surface area contributed by atoms with Gasteiger partial charge in [-0.15, -0.1) is 0 Å². The number of benzene rings is 1. The Morgan fingerprint density at radius 3 is 2.67 bits per heavy atom. The van der Waals surface area contributed by atoms with Gasteiger partial charge in [0.25, 0.3) is 0 Å². The standard InChI is InChI=1S/C18H24N2O4/c1-4-24-18(21)13-10-20-6-5-11-7-16(22-2)17(23-3)8-12(11)15(20)9-14(13)19/h7-9,13,15H,4-6,10,19H2,1-3H3. The van der Waals surface area contributed by atoms with Gasteiger partial charge >= 0.3 is 5.97 Å². The van der Waals surface area contributed by atoms with Gasteiger partial charge in [0.05, 0.1) is 26.9 Å². The monoisotopic (exact) mass is 332 g/mol. The number of fused-ring (bicyclic) bond motifs is 3. The SMILES string of the molecule is CCOC(=O)C1CN2CCc3cc(OC)c(OC)cc3C2C=C1N. The molecule has 6 heteroatoms. The Morgan fingerprint density at radius 1 is 1.29 bits per heavy atom. The van der Waals surface area contributed by atoms with Crippen molar-refractivity contribution >= 4 is 5.97 Å². The van der Waals surface area contributed by atoms with Gasteiger partial charge in [0.2, 0.25) is 0 Å². The summed E-state index contributed by atoms with van der Waals surface area (Å²) >= 11 is 0.